The average molecular weight is 310 g/mol. The lowest BCUT2D eigenvalue weighted by Gasteiger charge is -2.20. The molecule has 128 valence electrons. The van der Waals surface area contributed by atoms with Crippen molar-refractivity contribution in [3.8, 4) is 0 Å². The molecule has 1 aliphatic heterocycles. The van der Waals surface area contributed by atoms with Crippen molar-refractivity contribution in [2.75, 3.05) is 32.7 Å². The summed E-state index contributed by atoms with van der Waals surface area (Å²) < 4.78 is 0. The Kier molecular flexibility index (Phi) is 10.5. The maximum atomic E-state index is 11.9. The molecule has 0 aromatic heterocycles. The first kappa shape index (κ1) is 18.8. The Morgan fingerprint density at radius 2 is 2.00 bits per heavy atom. The Balaban J connectivity index is 2.25. The molecule has 1 fully saturated rings. The van der Waals surface area contributed by atoms with Gasteiger partial charge in [0, 0.05) is 39.1 Å². The Bertz CT molecular complexity index is 331. The van der Waals surface area contributed by atoms with Gasteiger partial charge in [-0.05, 0) is 32.6 Å². The van der Waals surface area contributed by atoms with Crippen molar-refractivity contribution < 1.29 is 4.79 Å². The van der Waals surface area contributed by atoms with Crippen molar-refractivity contribution in [3.05, 3.63) is 0 Å². The van der Waals surface area contributed by atoms with Gasteiger partial charge in [0.05, 0.1) is 0 Å². The van der Waals surface area contributed by atoms with E-state index in [4.69, 9.17) is 0 Å². The second kappa shape index (κ2) is 12.3. The lowest BCUT2D eigenvalue weighted by Crippen LogP contribution is -2.38. The van der Waals surface area contributed by atoms with Gasteiger partial charge in [0.1, 0.15) is 0 Å². The highest BCUT2D eigenvalue weighted by molar-refractivity contribution is 5.79. The normalized spacial score (nSPS) is 16.5. The molecule has 0 aromatic rings. The smallest absolute Gasteiger partial charge is 0.222 e. The van der Waals surface area contributed by atoms with Gasteiger partial charge < -0.3 is 15.5 Å². The number of nitrogens with one attached hydrogen (secondary N) is 2. The fourth-order valence-corrected chi connectivity index (χ4v) is 2.65. The van der Waals surface area contributed by atoms with Gasteiger partial charge in [-0.15, -0.1) is 0 Å². The van der Waals surface area contributed by atoms with Crippen LogP contribution in [0.25, 0.3) is 0 Å². The molecular formula is C17H34N4O. The molecule has 0 saturated carbocycles. The maximum Gasteiger partial charge on any atom is 0.222 e. The first-order valence-corrected chi connectivity index (χ1v) is 9.07. The first-order valence-electron chi connectivity index (χ1n) is 9.07. The molecule has 0 spiro atoms. The van der Waals surface area contributed by atoms with Gasteiger partial charge in [-0.2, -0.15) is 0 Å². The number of hydrogen-bond acceptors (Lipinski definition) is 2. The van der Waals surface area contributed by atoms with Crippen LogP contribution in [0.1, 0.15) is 65.2 Å². The third kappa shape index (κ3) is 8.25. The van der Waals surface area contributed by atoms with Crippen molar-refractivity contribution in [1.29, 1.82) is 0 Å². The molecule has 0 atom stereocenters. The highest BCUT2D eigenvalue weighted by atomic mass is 16.2. The lowest BCUT2D eigenvalue weighted by molar-refractivity contribution is -0.130. The zero-order chi connectivity index (χ0) is 16.0. The lowest BCUT2D eigenvalue weighted by atomic mass is 10.2. The minimum Gasteiger partial charge on any atom is -0.357 e. The van der Waals surface area contributed by atoms with Gasteiger partial charge in [-0.25, -0.2) is 0 Å². The monoisotopic (exact) mass is 310 g/mol. The fourth-order valence-electron chi connectivity index (χ4n) is 2.65. The van der Waals surface area contributed by atoms with E-state index in [1.54, 1.807) is 0 Å². The minimum atomic E-state index is 0.325. The van der Waals surface area contributed by atoms with E-state index >= 15 is 0 Å². The van der Waals surface area contributed by atoms with Crippen LogP contribution >= 0.6 is 0 Å². The second-order valence-electron chi connectivity index (χ2n) is 5.94. The third-order valence-corrected chi connectivity index (χ3v) is 3.94. The third-order valence-electron chi connectivity index (χ3n) is 3.94. The summed E-state index contributed by atoms with van der Waals surface area (Å²) >= 11 is 0. The van der Waals surface area contributed by atoms with Crippen LogP contribution in [0.5, 0.6) is 0 Å². The Hall–Kier alpha value is -1.26. The molecule has 1 amide bonds. The molecule has 0 aromatic carbocycles. The van der Waals surface area contributed by atoms with E-state index in [9.17, 15) is 4.79 Å². The molecule has 1 saturated heterocycles. The SMILES string of the molecule is CCCCCNC(=NCCCN1CCCCCC1=O)NCC. The molecule has 0 bridgehead atoms. The van der Waals surface area contributed by atoms with Crippen LogP contribution in [-0.2, 0) is 4.79 Å². The minimum absolute atomic E-state index is 0.325. The van der Waals surface area contributed by atoms with Crippen LogP contribution in [0.2, 0.25) is 0 Å². The number of aliphatic imine (C=N–C) groups is 1. The first-order chi connectivity index (χ1) is 10.8. The zero-order valence-corrected chi connectivity index (χ0v) is 14.5. The van der Waals surface area contributed by atoms with Gasteiger partial charge in [0.25, 0.3) is 0 Å². The van der Waals surface area contributed by atoms with E-state index in [0.717, 1.165) is 64.4 Å². The molecule has 1 heterocycles. The van der Waals surface area contributed by atoms with E-state index < -0.39 is 0 Å². The second-order valence-corrected chi connectivity index (χ2v) is 5.94. The molecule has 22 heavy (non-hydrogen) atoms. The Labute approximate surface area is 135 Å². The van der Waals surface area contributed by atoms with Gasteiger partial charge in [-0.3, -0.25) is 9.79 Å². The summed E-state index contributed by atoms with van der Waals surface area (Å²) in [6.07, 6.45) is 8.73. The van der Waals surface area contributed by atoms with Crippen molar-refractivity contribution in [1.82, 2.24) is 15.5 Å². The number of nitrogens with zero attached hydrogens (tertiary/aromatic N) is 2. The zero-order valence-electron chi connectivity index (χ0n) is 14.5. The standard InChI is InChI=1S/C17H34N4O/c1-3-5-8-12-19-17(18-4-2)20-13-10-15-21-14-9-6-7-11-16(21)22/h3-15H2,1-2H3,(H2,18,19,20). The van der Waals surface area contributed by atoms with Crippen molar-refractivity contribution >= 4 is 11.9 Å². The summed E-state index contributed by atoms with van der Waals surface area (Å²) in [6.45, 7) is 8.69. The molecule has 5 heteroatoms. The van der Waals surface area contributed by atoms with E-state index in [1.807, 2.05) is 4.90 Å². The molecule has 0 unspecified atom stereocenters. The molecule has 2 N–H and O–H groups in total. The van der Waals surface area contributed by atoms with Gasteiger partial charge in [0.2, 0.25) is 5.91 Å². The summed E-state index contributed by atoms with van der Waals surface area (Å²) in [6, 6.07) is 0. The predicted octanol–water partition coefficient (Wildman–Crippen LogP) is 2.52. The quantitative estimate of drug-likeness (QED) is 0.391. The van der Waals surface area contributed by atoms with Crippen molar-refractivity contribution in [3.63, 3.8) is 0 Å². The van der Waals surface area contributed by atoms with Crippen LogP contribution in [-0.4, -0.2) is 49.5 Å². The van der Waals surface area contributed by atoms with E-state index in [1.165, 1.54) is 25.7 Å². The number of carbonyl (C=O) groups is 1. The van der Waals surface area contributed by atoms with Crippen LogP contribution in [0, 0.1) is 0 Å². The van der Waals surface area contributed by atoms with Crippen LogP contribution in [0.4, 0.5) is 0 Å². The van der Waals surface area contributed by atoms with Crippen molar-refractivity contribution in [2.45, 2.75) is 65.2 Å². The van der Waals surface area contributed by atoms with Crippen molar-refractivity contribution in [2.24, 2.45) is 4.99 Å². The average Bonchev–Trinajstić information content (AvgIpc) is 2.72. The number of hydrogen-bond donors (Lipinski definition) is 2. The predicted molar refractivity (Wildman–Crippen MR) is 93.2 cm³/mol. The van der Waals surface area contributed by atoms with E-state index in [0.29, 0.717) is 5.91 Å². The topological polar surface area (TPSA) is 56.7 Å². The largest absolute Gasteiger partial charge is 0.357 e. The highest BCUT2D eigenvalue weighted by Gasteiger charge is 2.15. The summed E-state index contributed by atoms with van der Waals surface area (Å²) in [5.74, 6) is 1.23. The maximum absolute atomic E-state index is 11.9. The van der Waals surface area contributed by atoms with Crippen LogP contribution < -0.4 is 10.6 Å². The number of rotatable bonds is 9. The summed E-state index contributed by atoms with van der Waals surface area (Å²) in [5, 5.41) is 6.65. The molecule has 5 nitrogen and oxygen atoms in total. The Morgan fingerprint density at radius 1 is 1.14 bits per heavy atom. The summed E-state index contributed by atoms with van der Waals surface area (Å²) in [7, 11) is 0. The fraction of sp³-hybridized carbons (Fsp3) is 0.882. The van der Waals surface area contributed by atoms with Gasteiger partial charge in [0.15, 0.2) is 5.96 Å². The van der Waals surface area contributed by atoms with Crippen LogP contribution in [0.3, 0.4) is 0 Å². The number of unbranched alkanes of at least 4 members (excludes halogenated alkanes) is 2. The summed E-state index contributed by atoms with van der Waals surface area (Å²) in [5.41, 5.74) is 0. The van der Waals surface area contributed by atoms with Crippen LogP contribution in [0.15, 0.2) is 4.99 Å². The summed E-state index contributed by atoms with van der Waals surface area (Å²) in [4.78, 5) is 18.5. The number of amides is 1. The molecule has 0 aliphatic carbocycles. The number of guanidine groups is 1. The van der Waals surface area contributed by atoms with Gasteiger partial charge in [-0.1, -0.05) is 26.2 Å². The Morgan fingerprint density at radius 3 is 2.77 bits per heavy atom. The molecular weight excluding hydrogens is 276 g/mol. The highest BCUT2D eigenvalue weighted by Crippen LogP contribution is 2.11. The molecule has 0 radical (unpaired) electrons. The van der Waals surface area contributed by atoms with Gasteiger partial charge >= 0.3 is 0 Å². The molecule has 1 rings (SSSR count). The number of likely N-dealkylation sites (tertiary alicyclic amines) is 1. The van der Waals surface area contributed by atoms with E-state index in [2.05, 4.69) is 29.5 Å². The number of carbonyl (C=O) groups excluding carboxylic acids is 1. The molecule has 1 aliphatic rings. The van der Waals surface area contributed by atoms with E-state index in [-0.39, 0.29) is 0 Å².